The Morgan fingerprint density at radius 1 is 1.09 bits per heavy atom. The molecule has 2 atom stereocenters. The molecule has 0 saturated heterocycles. The van der Waals surface area contributed by atoms with Gasteiger partial charge in [-0.15, -0.1) is 0 Å². The Labute approximate surface area is 251 Å². The van der Waals surface area contributed by atoms with E-state index in [2.05, 4.69) is 30.5 Å². The minimum absolute atomic E-state index is 0.141. The van der Waals surface area contributed by atoms with Gasteiger partial charge in [0.25, 0.3) is 15.9 Å². The van der Waals surface area contributed by atoms with Crippen LogP contribution in [0, 0.1) is 11.3 Å². The molecule has 0 aliphatic heterocycles. The fourth-order valence-corrected chi connectivity index (χ4v) is 7.16. The molecular weight excluding hydrogens is 566 g/mol. The number of nitrogens with two attached hydrogens (primary N) is 1. The van der Waals surface area contributed by atoms with Crippen molar-refractivity contribution in [3.05, 3.63) is 72.1 Å². The van der Waals surface area contributed by atoms with E-state index >= 15 is 0 Å². The molecule has 3 N–H and O–H groups in total. The third-order valence-corrected chi connectivity index (χ3v) is 9.20. The number of anilines is 1. The maximum atomic E-state index is 13.7. The summed E-state index contributed by atoms with van der Waals surface area (Å²) in [6, 6.07) is 15.3. The van der Waals surface area contributed by atoms with Gasteiger partial charge < -0.3 is 10.5 Å². The molecule has 226 valence electrons. The minimum Gasteiger partial charge on any atom is -0.443 e. The van der Waals surface area contributed by atoms with Gasteiger partial charge in [-0.05, 0) is 81.3 Å². The molecule has 1 unspecified atom stereocenters. The zero-order valence-corrected chi connectivity index (χ0v) is 26.0. The summed E-state index contributed by atoms with van der Waals surface area (Å²) < 4.78 is 35.7. The number of aromatic nitrogens is 3. The van der Waals surface area contributed by atoms with Gasteiger partial charge in [-0.25, -0.2) is 27.5 Å². The van der Waals surface area contributed by atoms with Crippen LogP contribution in [0.5, 0.6) is 0 Å². The van der Waals surface area contributed by atoms with Gasteiger partial charge in [0.1, 0.15) is 16.3 Å². The summed E-state index contributed by atoms with van der Waals surface area (Å²) in [5.41, 5.74) is 7.09. The Bertz CT molecular complexity index is 1840. The SMILES string of the molecule is C[C@H]1CC(c2nc(-c3cc4ccccc4n3C(=O)OC(C)(C)C)ccc2C(=O)NS(=O)(=O)c2cccnc2N)C(C)(C)C1. The van der Waals surface area contributed by atoms with E-state index in [9.17, 15) is 18.0 Å². The second-order valence-corrected chi connectivity index (χ2v) is 14.6. The first-order chi connectivity index (χ1) is 20.1. The number of pyridine rings is 2. The second-order valence-electron chi connectivity index (χ2n) is 12.9. The van der Waals surface area contributed by atoms with Crippen molar-refractivity contribution >= 4 is 38.7 Å². The van der Waals surface area contributed by atoms with Crippen LogP contribution in [0.15, 0.2) is 65.7 Å². The van der Waals surface area contributed by atoms with Crippen molar-refractivity contribution in [1.82, 2.24) is 19.3 Å². The molecule has 3 heterocycles. The van der Waals surface area contributed by atoms with E-state index in [1.54, 1.807) is 32.9 Å². The van der Waals surface area contributed by atoms with Gasteiger partial charge in [0, 0.05) is 17.5 Å². The van der Waals surface area contributed by atoms with Crippen LogP contribution in [0.25, 0.3) is 22.3 Å². The van der Waals surface area contributed by atoms with Crippen molar-refractivity contribution < 1.29 is 22.7 Å². The lowest BCUT2D eigenvalue weighted by molar-refractivity contribution is 0.0546. The number of hydrogen-bond donors (Lipinski definition) is 2. The normalized spacial score (nSPS) is 18.5. The maximum absolute atomic E-state index is 13.7. The number of nitrogens with one attached hydrogen (secondary N) is 1. The van der Waals surface area contributed by atoms with Gasteiger partial charge in [-0.2, -0.15) is 0 Å². The zero-order valence-electron chi connectivity index (χ0n) is 25.2. The Morgan fingerprint density at radius 2 is 1.81 bits per heavy atom. The highest BCUT2D eigenvalue weighted by atomic mass is 32.2. The zero-order chi connectivity index (χ0) is 31.3. The number of nitrogen functional groups attached to an aromatic ring is 1. The summed E-state index contributed by atoms with van der Waals surface area (Å²) in [5, 5.41) is 0.823. The molecule has 0 radical (unpaired) electrons. The predicted molar refractivity (Wildman–Crippen MR) is 165 cm³/mol. The molecule has 10 nitrogen and oxygen atoms in total. The Kier molecular flexibility index (Phi) is 7.58. The van der Waals surface area contributed by atoms with Crippen molar-refractivity contribution in [3.8, 4) is 11.4 Å². The van der Waals surface area contributed by atoms with Crippen molar-refractivity contribution in [2.45, 2.75) is 70.8 Å². The number of carbonyl (C=O) groups is 2. The summed E-state index contributed by atoms with van der Waals surface area (Å²) in [5.74, 6) is -0.806. The molecule has 5 rings (SSSR count). The average molecular weight is 604 g/mol. The van der Waals surface area contributed by atoms with Crippen LogP contribution in [-0.4, -0.2) is 40.6 Å². The first-order valence-corrected chi connectivity index (χ1v) is 15.7. The van der Waals surface area contributed by atoms with E-state index in [4.69, 9.17) is 15.5 Å². The second kappa shape index (κ2) is 10.8. The van der Waals surface area contributed by atoms with Crippen LogP contribution in [-0.2, 0) is 14.8 Å². The molecule has 11 heteroatoms. The number of carbonyl (C=O) groups excluding carboxylic acids is 2. The molecule has 1 aromatic carbocycles. The van der Waals surface area contributed by atoms with Crippen LogP contribution < -0.4 is 10.5 Å². The topological polar surface area (TPSA) is 146 Å². The number of ether oxygens (including phenoxy) is 1. The number of benzene rings is 1. The van der Waals surface area contributed by atoms with Gasteiger partial charge in [-0.3, -0.25) is 9.78 Å². The fraction of sp³-hybridized carbons (Fsp3) is 0.375. The van der Waals surface area contributed by atoms with E-state index in [-0.39, 0.29) is 27.6 Å². The van der Waals surface area contributed by atoms with Gasteiger partial charge in [0.15, 0.2) is 0 Å². The molecule has 1 fully saturated rings. The highest BCUT2D eigenvalue weighted by Crippen LogP contribution is 2.52. The van der Waals surface area contributed by atoms with Crippen molar-refractivity contribution in [2.75, 3.05) is 5.73 Å². The number of nitrogens with zero attached hydrogens (tertiary/aromatic N) is 3. The summed E-state index contributed by atoms with van der Waals surface area (Å²) in [6.45, 7) is 11.8. The summed E-state index contributed by atoms with van der Waals surface area (Å²) in [4.78, 5) is 35.7. The Morgan fingerprint density at radius 3 is 2.47 bits per heavy atom. The largest absolute Gasteiger partial charge is 0.443 e. The molecule has 4 aromatic rings. The molecule has 0 spiro atoms. The van der Waals surface area contributed by atoms with Crippen molar-refractivity contribution in [2.24, 2.45) is 11.3 Å². The monoisotopic (exact) mass is 603 g/mol. The molecule has 1 saturated carbocycles. The molecule has 1 amide bonds. The highest BCUT2D eigenvalue weighted by Gasteiger charge is 2.42. The van der Waals surface area contributed by atoms with E-state index in [0.29, 0.717) is 28.5 Å². The summed E-state index contributed by atoms with van der Waals surface area (Å²) in [7, 11) is -4.31. The van der Waals surface area contributed by atoms with E-state index in [1.807, 2.05) is 30.3 Å². The van der Waals surface area contributed by atoms with Gasteiger partial charge in [0.2, 0.25) is 0 Å². The standard InChI is InChI=1S/C32H37N5O5S/c1-19-16-22(32(5,6)18-19)27-21(29(38)36-43(40,41)26-12-9-15-34-28(26)33)13-14-23(35-27)25-17-20-10-7-8-11-24(20)37(25)30(39)42-31(2,3)4/h7-15,17,19,22H,16,18H2,1-6H3,(H2,33,34)(H,36,38)/t19-,22?/m0/s1. The van der Waals surface area contributed by atoms with Gasteiger partial charge in [0.05, 0.1) is 28.2 Å². The molecule has 0 bridgehead atoms. The van der Waals surface area contributed by atoms with Crippen molar-refractivity contribution in [3.63, 3.8) is 0 Å². The summed E-state index contributed by atoms with van der Waals surface area (Å²) >= 11 is 0. The first kappa shape index (κ1) is 30.2. The molecule has 3 aromatic heterocycles. The number of amides is 1. The Hall–Kier alpha value is -4.25. The summed E-state index contributed by atoms with van der Waals surface area (Å²) in [6.07, 6.45) is 2.49. The fourth-order valence-electron chi connectivity index (χ4n) is 6.11. The predicted octanol–water partition coefficient (Wildman–Crippen LogP) is 6.12. The number of rotatable bonds is 5. The van der Waals surface area contributed by atoms with Crippen molar-refractivity contribution in [1.29, 1.82) is 0 Å². The Balaban J connectivity index is 1.65. The van der Waals surface area contributed by atoms with Crippen LogP contribution in [0.4, 0.5) is 10.6 Å². The number of para-hydroxylation sites is 1. The minimum atomic E-state index is -4.31. The first-order valence-electron chi connectivity index (χ1n) is 14.2. The number of hydrogen-bond acceptors (Lipinski definition) is 8. The smallest absolute Gasteiger partial charge is 0.419 e. The quantitative estimate of drug-likeness (QED) is 0.277. The third-order valence-electron chi connectivity index (χ3n) is 7.82. The van der Waals surface area contributed by atoms with Crippen LogP contribution in [0.2, 0.25) is 0 Å². The van der Waals surface area contributed by atoms with Crippen LogP contribution >= 0.6 is 0 Å². The maximum Gasteiger partial charge on any atom is 0.419 e. The van der Waals surface area contributed by atoms with Crippen LogP contribution in [0.3, 0.4) is 0 Å². The van der Waals surface area contributed by atoms with E-state index in [1.165, 1.54) is 22.9 Å². The number of fused-ring (bicyclic) bond motifs is 1. The molecular formula is C32H37N5O5S. The lowest BCUT2D eigenvalue weighted by atomic mass is 9.78. The van der Waals surface area contributed by atoms with E-state index < -0.39 is 27.6 Å². The van der Waals surface area contributed by atoms with Crippen LogP contribution in [0.1, 0.15) is 76.4 Å². The van der Waals surface area contributed by atoms with Gasteiger partial charge >= 0.3 is 6.09 Å². The average Bonchev–Trinajstić information content (AvgIpc) is 3.43. The number of sulfonamides is 1. The molecule has 1 aliphatic carbocycles. The highest BCUT2D eigenvalue weighted by molar-refractivity contribution is 7.90. The van der Waals surface area contributed by atoms with E-state index in [0.717, 1.165) is 18.2 Å². The lowest BCUT2D eigenvalue weighted by Gasteiger charge is -2.28. The molecule has 1 aliphatic rings. The lowest BCUT2D eigenvalue weighted by Crippen LogP contribution is -2.33. The molecule has 43 heavy (non-hydrogen) atoms. The third kappa shape index (κ3) is 5.99. The van der Waals surface area contributed by atoms with Gasteiger partial charge in [-0.1, -0.05) is 39.0 Å².